The molecule has 0 amide bonds. The Balaban J connectivity index is 2.16. The molecule has 1 saturated heterocycles. The highest BCUT2D eigenvalue weighted by Crippen LogP contribution is 2.14. The molecule has 0 bridgehead atoms. The highest BCUT2D eigenvalue weighted by molar-refractivity contribution is 7.80. The van der Waals surface area contributed by atoms with Crippen LogP contribution in [0.1, 0.15) is 30.4 Å². The molecule has 1 fully saturated rings. The Hall–Kier alpha value is -1.40. The van der Waals surface area contributed by atoms with E-state index in [-0.39, 0.29) is 0 Å². The lowest BCUT2D eigenvalue weighted by molar-refractivity contribution is 0.347. The first-order valence-electron chi connectivity index (χ1n) is 5.61. The van der Waals surface area contributed by atoms with Crippen LogP contribution in [-0.2, 0) is 0 Å². The van der Waals surface area contributed by atoms with Gasteiger partial charge in [0.1, 0.15) is 4.99 Å². The van der Waals surface area contributed by atoms with Crippen LogP contribution in [0.15, 0.2) is 24.3 Å². The maximum Gasteiger partial charge on any atom is 0.109 e. The van der Waals surface area contributed by atoms with Gasteiger partial charge in [0.2, 0.25) is 0 Å². The largest absolute Gasteiger partial charge is 0.362 e. The molecule has 1 aromatic carbocycles. The summed E-state index contributed by atoms with van der Waals surface area (Å²) in [6.45, 7) is 2.10. The maximum absolute atomic E-state index is 8.85. The van der Waals surface area contributed by atoms with Gasteiger partial charge in [0.15, 0.2) is 0 Å². The Kier molecular flexibility index (Phi) is 3.53. The van der Waals surface area contributed by atoms with Crippen LogP contribution in [0.4, 0.5) is 0 Å². The first-order valence-corrected chi connectivity index (χ1v) is 6.01. The van der Waals surface area contributed by atoms with E-state index < -0.39 is 0 Å². The molecule has 0 unspecified atom stereocenters. The zero-order chi connectivity index (χ0) is 11.4. The van der Waals surface area contributed by atoms with E-state index in [1.807, 2.05) is 24.3 Å². The summed E-state index contributed by atoms with van der Waals surface area (Å²) < 4.78 is 0. The van der Waals surface area contributed by atoms with Crippen LogP contribution in [0, 0.1) is 11.3 Å². The molecule has 1 aliphatic rings. The molecule has 2 nitrogen and oxygen atoms in total. The molecule has 0 atom stereocenters. The minimum atomic E-state index is 0.678. The highest BCUT2D eigenvalue weighted by atomic mass is 32.1. The van der Waals surface area contributed by atoms with Crippen LogP contribution in [0.5, 0.6) is 0 Å². The second kappa shape index (κ2) is 5.09. The van der Waals surface area contributed by atoms with Crippen molar-refractivity contribution < 1.29 is 0 Å². The number of rotatable bonds is 1. The lowest BCUT2D eigenvalue weighted by Crippen LogP contribution is -2.34. The van der Waals surface area contributed by atoms with Gasteiger partial charge in [0, 0.05) is 18.7 Å². The summed E-state index contributed by atoms with van der Waals surface area (Å²) in [5.74, 6) is 0. The van der Waals surface area contributed by atoms with Crippen molar-refractivity contribution in [2.24, 2.45) is 0 Å². The van der Waals surface area contributed by atoms with Gasteiger partial charge >= 0.3 is 0 Å². The first kappa shape index (κ1) is 11.1. The number of hydrogen-bond donors (Lipinski definition) is 0. The van der Waals surface area contributed by atoms with E-state index in [4.69, 9.17) is 17.5 Å². The quantitative estimate of drug-likeness (QED) is 0.694. The summed E-state index contributed by atoms with van der Waals surface area (Å²) >= 11 is 5.46. The van der Waals surface area contributed by atoms with Crippen LogP contribution < -0.4 is 0 Å². The van der Waals surface area contributed by atoms with Crippen LogP contribution in [-0.4, -0.2) is 23.0 Å². The predicted molar refractivity (Wildman–Crippen MR) is 68.3 cm³/mol. The maximum atomic E-state index is 8.85. The minimum absolute atomic E-state index is 0.678. The van der Waals surface area contributed by atoms with Crippen molar-refractivity contribution in [1.29, 1.82) is 5.26 Å². The van der Waals surface area contributed by atoms with Gasteiger partial charge in [-0.15, -0.1) is 0 Å². The third-order valence-corrected chi connectivity index (χ3v) is 3.38. The number of likely N-dealkylation sites (tertiary alicyclic amines) is 1. The number of thiocarbonyl (C=S) groups is 1. The third-order valence-electron chi connectivity index (χ3n) is 2.88. The number of benzene rings is 1. The van der Waals surface area contributed by atoms with Crippen LogP contribution in [0.2, 0.25) is 0 Å². The fourth-order valence-electron chi connectivity index (χ4n) is 2.00. The Labute approximate surface area is 101 Å². The third kappa shape index (κ3) is 2.40. The van der Waals surface area contributed by atoms with Gasteiger partial charge in [0.05, 0.1) is 11.6 Å². The molecule has 0 spiro atoms. The Morgan fingerprint density at radius 1 is 1.25 bits per heavy atom. The molecule has 2 rings (SSSR count). The second-order valence-electron chi connectivity index (χ2n) is 4.05. The summed E-state index contributed by atoms with van der Waals surface area (Å²) in [7, 11) is 0. The lowest BCUT2D eigenvalue weighted by Gasteiger charge is -2.29. The Morgan fingerprint density at radius 2 is 2.00 bits per heavy atom. The monoisotopic (exact) mass is 230 g/mol. The zero-order valence-electron chi connectivity index (χ0n) is 9.15. The smallest absolute Gasteiger partial charge is 0.109 e. The van der Waals surface area contributed by atoms with E-state index in [9.17, 15) is 0 Å². The summed E-state index contributed by atoms with van der Waals surface area (Å²) in [6.07, 6.45) is 3.74. The summed E-state index contributed by atoms with van der Waals surface area (Å²) in [6, 6.07) is 9.70. The van der Waals surface area contributed by atoms with E-state index in [2.05, 4.69) is 11.0 Å². The van der Waals surface area contributed by atoms with Gasteiger partial charge in [-0.05, 0) is 31.4 Å². The van der Waals surface area contributed by atoms with Crippen LogP contribution in [0.25, 0.3) is 0 Å². The molecule has 0 saturated carbocycles. The lowest BCUT2D eigenvalue weighted by atomic mass is 10.1. The SMILES string of the molecule is N#Cc1cccc(C(=S)N2CCCCC2)c1. The number of hydrogen-bond acceptors (Lipinski definition) is 2. The molecule has 82 valence electrons. The molecule has 1 aliphatic heterocycles. The van der Waals surface area contributed by atoms with Gasteiger partial charge in [-0.25, -0.2) is 0 Å². The number of nitrogens with zero attached hydrogens (tertiary/aromatic N) is 2. The van der Waals surface area contributed by atoms with E-state index in [0.29, 0.717) is 5.56 Å². The molecule has 1 aromatic rings. The van der Waals surface area contributed by atoms with Crippen LogP contribution in [0.3, 0.4) is 0 Å². The molecule has 16 heavy (non-hydrogen) atoms. The molecular weight excluding hydrogens is 216 g/mol. The molecule has 0 N–H and O–H groups in total. The number of nitriles is 1. The predicted octanol–water partition coefficient (Wildman–Crippen LogP) is 2.72. The van der Waals surface area contributed by atoms with Crippen molar-refractivity contribution in [2.75, 3.05) is 13.1 Å². The summed E-state index contributed by atoms with van der Waals surface area (Å²) in [4.78, 5) is 3.13. The van der Waals surface area contributed by atoms with Gasteiger partial charge in [-0.1, -0.05) is 24.4 Å². The normalized spacial score (nSPS) is 15.6. The average molecular weight is 230 g/mol. The van der Waals surface area contributed by atoms with Crippen LogP contribution >= 0.6 is 12.2 Å². The minimum Gasteiger partial charge on any atom is -0.362 e. The molecule has 0 radical (unpaired) electrons. The van der Waals surface area contributed by atoms with Crippen molar-refractivity contribution in [3.05, 3.63) is 35.4 Å². The van der Waals surface area contributed by atoms with Crippen molar-refractivity contribution in [3.63, 3.8) is 0 Å². The van der Waals surface area contributed by atoms with Gasteiger partial charge in [-0.2, -0.15) is 5.26 Å². The topological polar surface area (TPSA) is 27.0 Å². The van der Waals surface area contributed by atoms with Gasteiger partial charge < -0.3 is 4.90 Å². The summed E-state index contributed by atoms with van der Waals surface area (Å²) in [5.41, 5.74) is 1.67. The molecule has 0 aliphatic carbocycles. The Bertz CT molecular complexity index is 428. The second-order valence-corrected chi connectivity index (χ2v) is 4.43. The first-order chi connectivity index (χ1) is 7.81. The van der Waals surface area contributed by atoms with Crippen molar-refractivity contribution >= 4 is 17.2 Å². The summed E-state index contributed by atoms with van der Waals surface area (Å²) in [5, 5.41) is 8.85. The fourth-order valence-corrected chi connectivity index (χ4v) is 2.31. The van der Waals surface area contributed by atoms with Gasteiger partial charge in [0.25, 0.3) is 0 Å². The molecule has 0 aromatic heterocycles. The van der Waals surface area contributed by atoms with Gasteiger partial charge in [-0.3, -0.25) is 0 Å². The number of piperidine rings is 1. The average Bonchev–Trinajstić information content (AvgIpc) is 2.39. The molecule has 1 heterocycles. The zero-order valence-corrected chi connectivity index (χ0v) is 9.96. The van der Waals surface area contributed by atoms with Crippen molar-refractivity contribution in [3.8, 4) is 6.07 Å². The molecule has 3 heteroatoms. The van der Waals surface area contributed by atoms with E-state index in [1.54, 1.807) is 0 Å². The Morgan fingerprint density at radius 3 is 2.69 bits per heavy atom. The highest BCUT2D eigenvalue weighted by Gasteiger charge is 2.14. The van der Waals surface area contributed by atoms with Crippen molar-refractivity contribution in [1.82, 2.24) is 4.90 Å². The molecular formula is C13H14N2S. The van der Waals surface area contributed by atoms with Crippen molar-refractivity contribution in [2.45, 2.75) is 19.3 Å². The van der Waals surface area contributed by atoms with E-state index >= 15 is 0 Å². The van der Waals surface area contributed by atoms with E-state index in [1.165, 1.54) is 19.3 Å². The standard InChI is InChI=1S/C13H14N2S/c14-10-11-5-4-6-12(9-11)13(16)15-7-2-1-3-8-15/h4-6,9H,1-3,7-8H2. The van der Waals surface area contributed by atoms with E-state index in [0.717, 1.165) is 23.6 Å². The fraction of sp³-hybridized carbons (Fsp3) is 0.385.